The fraction of sp³-hybridized carbons (Fsp3) is 0.929. The van der Waals surface area contributed by atoms with Gasteiger partial charge in [0.25, 0.3) is 0 Å². The third-order valence-corrected chi connectivity index (χ3v) is 4.49. The van der Waals surface area contributed by atoms with Crippen LogP contribution in [0.2, 0.25) is 0 Å². The number of amides is 1. The number of carbonyl (C=O) groups excluding carboxylic acids is 1. The highest BCUT2D eigenvalue weighted by Gasteiger charge is 2.35. The van der Waals surface area contributed by atoms with E-state index in [1.54, 1.807) is 0 Å². The number of nitrogens with one attached hydrogen (secondary N) is 2. The second-order valence-electron chi connectivity index (χ2n) is 5.68. The number of rotatable bonds is 5. The molecule has 4 nitrogen and oxygen atoms in total. The van der Waals surface area contributed by atoms with Crippen LogP contribution in [0.15, 0.2) is 0 Å². The maximum atomic E-state index is 12.1. The molecule has 0 saturated carbocycles. The molecule has 2 rings (SSSR count). The molecule has 104 valence electrons. The van der Waals surface area contributed by atoms with Gasteiger partial charge in [-0.1, -0.05) is 13.8 Å². The molecule has 0 aromatic carbocycles. The second-order valence-corrected chi connectivity index (χ2v) is 5.68. The monoisotopic (exact) mass is 253 g/mol. The first-order valence-electron chi connectivity index (χ1n) is 7.48. The zero-order chi connectivity index (χ0) is 13.0. The predicted octanol–water partition coefficient (Wildman–Crippen LogP) is 0.975. The van der Waals surface area contributed by atoms with Crippen molar-refractivity contribution < 1.29 is 4.79 Å². The Bertz CT molecular complexity index is 278. The van der Waals surface area contributed by atoms with Crippen molar-refractivity contribution in [2.24, 2.45) is 5.92 Å². The Labute approximate surface area is 110 Å². The first kappa shape index (κ1) is 13.8. The molecule has 1 amide bonds. The highest BCUT2D eigenvalue weighted by Crippen LogP contribution is 2.25. The van der Waals surface area contributed by atoms with Gasteiger partial charge in [0.15, 0.2) is 0 Å². The number of hydrogen-bond acceptors (Lipinski definition) is 3. The van der Waals surface area contributed by atoms with Gasteiger partial charge in [0.2, 0.25) is 5.91 Å². The molecule has 2 fully saturated rings. The van der Waals surface area contributed by atoms with Crippen LogP contribution in [0.25, 0.3) is 0 Å². The lowest BCUT2D eigenvalue weighted by atomic mass is 9.92. The van der Waals surface area contributed by atoms with Gasteiger partial charge in [-0.25, -0.2) is 0 Å². The van der Waals surface area contributed by atoms with Crippen molar-refractivity contribution in [1.82, 2.24) is 15.5 Å². The van der Waals surface area contributed by atoms with Gasteiger partial charge < -0.3 is 10.6 Å². The molecule has 0 spiro atoms. The summed E-state index contributed by atoms with van der Waals surface area (Å²) in [5, 5.41) is 6.60. The molecule has 18 heavy (non-hydrogen) atoms. The van der Waals surface area contributed by atoms with Crippen LogP contribution in [-0.4, -0.2) is 49.1 Å². The van der Waals surface area contributed by atoms with E-state index in [9.17, 15) is 4.79 Å². The molecule has 0 aromatic heterocycles. The van der Waals surface area contributed by atoms with E-state index >= 15 is 0 Å². The van der Waals surface area contributed by atoms with E-state index in [2.05, 4.69) is 29.4 Å². The fourth-order valence-corrected chi connectivity index (χ4v) is 3.31. The third-order valence-electron chi connectivity index (χ3n) is 4.49. The van der Waals surface area contributed by atoms with E-state index in [-0.39, 0.29) is 5.91 Å². The molecule has 2 saturated heterocycles. The minimum Gasteiger partial charge on any atom is -0.352 e. The van der Waals surface area contributed by atoms with Gasteiger partial charge in [0, 0.05) is 18.6 Å². The summed E-state index contributed by atoms with van der Waals surface area (Å²) < 4.78 is 0. The topological polar surface area (TPSA) is 44.4 Å². The Hall–Kier alpha value is -0.610. The van der Waals surface area contributed by atoms with E-state index in [0.29, 0.717) is 18.6 Å². The number of fused-ring (bicyclic) bond motifs is 1. The summed E-state index contributed by atoms with van der Waals surface area (Å²) in [5.41, 5.74) is 0. The zero-order valence-electron chi connectivity index (χ0n) is 11.7. The van der Waals surface area contributed by atoms with Crippen molar-refractivity contribution in [3.63, 3.8) is 0 Å². The molecule has 2 aliphatic rings. The molecule has 2 aliphatic heterocycles. The average molecular weight is 253 g/mol. The lowest BCUT2D eigenvalue weighted by molar-refractivity contribution is -0.124. The quantitative estimate of drug-likeness (QED) is 0.767. The molecular formula is C14H27N3O. The van der Waals surface area contributed by atoms with Crippen molar-refractivity contribution in [2.75, 3.05) is 26.2 Å². The molecule has 2 N–H and O–H groups in total. The van der Waals surface area contributed by atoms with E-state index in [4.69, 9.17) is 0 Å². The van der Waals surface area contributed by atoms with Gasteiger partial charge in [-0.2, -0.15) is 0 Å². The Morgan fingerprint density at radius 1 is 1.39 bits per heavy atom. The lowest BCUT2D eigenvalue weighted by Crippen LogP contribution is -2.50. The molecule has 0 aromatic rings. The third kappa shape index (κ3) is 3.23. The Kier molecular flexibility index (Phi) is 5.01. The zero-order valence-corrected chi connectivity index (χ0v) is 11.7. The predicted molar refractivity (Wildman–Crippen MR) is 73.5 cm³/mol. The smallest absolute Gasteiger partial charge is 0.234 e. The summed E-state index contributed by atoms with van der Waals surface area (Å²) in [6.07, 6.45) is 4.61. The second kappa shape index (κ2) is 6.53. The van der Waals surface area contributed by atoms with Crippen LogP contribution in [0.4, 0.5) is 0 Å². The van der Waals surface area contributed by atoms with Gasteiger partial charge in [-0.3, -0.25) is 9.69 Å². The van der Waals surface area contributed by atoms with Gasteiger partial charge in [0.05, 0.1) is 6.54 Å². The van der Waals surface area contributed by atoms with E-state index in [1.807, 2.05) is 0 Å². The Morgan fingerprint density at radius 2 is 2.17 bits per heavy atom. The minimum atomic E-state index is 0.205. The standard InChI is InChI=1S/C14H27N3O/c1-3-12(4-2)16-14(18)10-17-7-5-6-11-8-15-9-13(11)17/h11-13,15H,3-10H2,1-2H3,(H,16,18). The summed E-state index contributed by atoms with van der Waals surface area (Å²) in [6.45, 7) is 8.12. The van der Waals surface area contributed by atoms with Crippen molar-refractivity contribution >= 4 is 5.91 Å². The van der Waals surface area contributed by atoms with Gasteiger partial charge >= 0.3 is 0 Å². The van der Waals surface area contributed by atoms with Gasteiger partial charge in [0.1, 0.15) is 0 Å². The van der Waals surface area contributed by atoms with Crippen LogP contribution in [-0.2, 0) is 4.79 Å². The number of nitrogens with zero attached hydrogens (tertiary/aromatic N) is 1. The maximum Gasteiger partial charge on any atom is 0.234 e. The Balaban J connectivity index is 1.82. The number of carbonyl (C=O) groups is 1. The SMILES string of the molecule is CCC(CC)NC(=O)CN1CCCC2CNCC21. The van der Waals surface area contributed by atoms with Crippen LogP contribution in [0, 0.1) is 5.92 Å². The molecule has 0 bridgehead atoms. The maximum absolute atomic E-state index is 12.1. The van der Waals surface area contributed by atoms with E-state index < -0.39 is 0 Å². The van der Waals surface area contributed by atoms with Crippen LogP contribution >= 0.6 is 0 Å². The summed E-state index contributed by atoms with van der Waals surface area (Å²) >= 11 is 0. The van der Waals surface area contributed by atoms with Crippen molar-refractivity contribution in [3.05, 3.63) is 0 Å². The van der Waals surface area contributed by atoms with Gasteiger partial charge in [-0.15, -0.1) is 0 Å². The van der Waals surface area contributed by atoms with Crippen LogP contribution in [0.3, 0.4) is 0 Å². The molecule has 4 heteroatoms. The van der Waals surface area contributed by atoms with Crippen LogP contribution in [0.1, 0.15) is 39.5 Å². The fourth-order valence-electron chi connectivity index (χ4n) is 3.31. The van der Waals surface area contributed by atoms with Crippen molar-refractivity contribution in [1.29, 1.82) is 0 Å². The highest BCUT2D eigenvalue weighted by atomic mass is 16.2. The van der Waals surface area contributed by atoms with Crippen molar-refractivity contribution in [3.8, 4) is 0 Å². The summed E-state index contributed by atoms with van der Waals surface area (Å²) in [6, 6.07) is 0.936. The summed E-state index contributed by atoms with van der Waals surface area (Å²) in [4.78, 5) is 14.4. The first-order valence-corrected chi connectivity index (χ1v) is 7.48. The summed E-state index contributed by atoms with van der Waals surface area (Å²) in [5.74, 6) is 0.968. The highest BCUT2D eigenvalue weighted by molar-refractivity contribution is 5.78. The van der Waals surface area contributed by atoms with Crippen molar-refractivity contribution in [2.45, 2.75) is 51.6 Å². The molecular weight excluding hydrogens is 226 g/mol. The van der Waals surface area contributed by atoms with E-state index in [0.717, 1.165) is 38.4 Å². The number of likely N-dealkylation sites (tertiary alicyclic amines) is 1. The first-order chi connectivity index (χ1) is 8.74. The molecule has 0 aliphatic carbocycles. The molecule has 2 atom stereocenters. The normalized spacial score (nSPS) is 28.4. The van der Waals surface area contributed by atoms with E-state index in [1.165, 1.54) is 12.8 Å². The molecule has 2 unspecified atom stereocenters. The largest absolute Gasteiger partial charge is 0.352 e. The number of hydrogen-bond donors (Lipinski definition) is 2. The number of piperidine rings is 1. The molecule has 2 heterocycles. The van der Waals surface area contributed by atoms with Crippen LogP contribution in [0.5, 0.6) is 0 Å². The molecule has 0 radical (unpaired) electrons. The lowest BCUT2D eigenvalue weighted by Gasteiger charge is -2.36. The average Bonchev–Trinajstić information content (AvgIpc) is 2.85. The summed E-state index contributed by atoms with van der Waals surface area (Å²) in [7, 11) is 0. The van der Waals surface area contributed by atoms with Gasteiger partial charge in [-0.05, 0) is 44.7 Å². The minimum absolute atomic E-state index is 0.205. The van der Waals surface area contributed by atoms with Crippen LogP contribution < -0.4 is 10.6 Å². The Morgan fingerprint density at radius 3 is 2.89 bits per heavy atom.